The van der Waals surface area contributed by atoms with Crippen molar-refractivity contribution in [3.05, 3.63) is 68.4 Å². The molecule has 0 aliphatic rings. The van der Waals surface area contributed by atoms with E-state index in [-0.39, 0.29) is 29.1 Å². The number of halogens is 6. The third-order valence-electron chi connectivity index (χ3n) is 3.77. The minimum absolute atomic E-state index is 0.0545. The molecule has 0 amide bonds. The molecule has 2 aromatic carbocycles. The number of aromatic nitrogens is 2. The first-order chi connectivity index (χ1) is 13.7. The number of rotatable bonds is 3. The average Bonchev–Trinajstić information content (AvgIpc) is 2.59. The molecule has 0 fully saturated rings. The summed E-state index contributed by atoms with van der Waals surface area (Å²) in [5.41, 5.74) is -5.43. The molecule has 7 nitrogen and oxygen atoms in total. The van der Waals surface area contributed by atoms with Gasteiger partial charge in [-0.2, -0.15) is 34.8 Å². The van der Waals surface area contributed by atoms with Crippen LogP contribution in [0.3, 0.4) is 0 Å². The highest BCUT2D eigenvalue weighted by Gasteiger charge is 2.37. The maximum absolute atomic E-state index is 12.9. The molecule has 0 spiro atoms. The van der Waals surface area contributed by atoms with Crippen LogP contribution in [0.15, 0.2) is 50.9 Å². The fourth-order valence-corrected chi connectivity index (χ4v) is 3.39. The van der Waals surface area contributed by atoms with Gasteiger partial charge in [-0.05, 0) is 36.4 Å². The average molecular weight is 454 g/mol. The molecule has 2 N–H and O–H groups in total. The van der Waals surface area contributed by atoms with Crippen LogP contribution in [0.2, 0.25) is 0 Å². The van der Waals surface area contributed by atoms with Gasteiger partial charge in [-0.15, -0.1) is 0 Å². The van der Waals surface area contributed by atoms with E-state index in [9.17, 15) is 44.3 Å². The second-order valence-corrected chi connectivity index (χ2v) is 7.44. The lowest BCUT2D eigenvalue weighted by molar-refractivity contribution is -0.143. The molecule has 14 heteroatoms. The molecule has 0 aliphatic heterocycles. The second-order valence-electron chi connectivity index (χ2n) is 5.89. The molecule has 0 atom stereocenters. The highest BCUT2D eigenvalue weighted by molar-refractivity contribution is 7.87. The molecule has 160 valence electrons. The maximum Gasteiger partial charge on any atom is 0.416 e. The first-order valence-electron chi connectivity index (χ1n) is 7.67. The summed E-state index contributed by atoms with van der Waals surface area (Å²) in [6.07, 6.45) is -10.4. The van der Waals surface area contributed by atoms with Gasteiger partial charge in [0.1, 0.15) is 10.6 Å². The number of benzene rings is 2. The molecular weight excluding hydrogens is 446 g/mol. The number of hydrogen-bond acceptors (Lipinski definition) is 5. The van der Waals surface area contributed by atoms with Gasteiger partial charge in [-0.3, -0.25) is 9.78 Å². The van der Waals surface area contributed by atoms with Crippen molar-refractivity contribution in [2.75, 3.05) is 0 Å². The van der Waals surface area contributed by atoms with Crippen molar-refractivity contribution in [1.29, 1.82) is 0 Å². The molecule has 1 aromatic heterocycles. The lowest BCUT2D eigenvalue weighted by Crippen LogP contribution is -2.22. The van der Waals surface area contributed by atoms with Crippen molar-refractivity contribution >= 4 is 21.0 Å². The van der Waals surface area contributed by atoms with E-state index in [1.807, 2.05) is 4.98 Å². The molecule has 3 aromatic rings. The minimum atomic E-state index is -5.20. The Morgan fingerprint density at radius 3 is 1.90 bits per heavy atom. The van der Waals surface area contributed by atoms with Gasteiger partial charge < -0.3 is 9.17 Å². The Hall–Kier alpha value is -3.29. The molecule has 3 rings (SSSR count). The van der Waals surface area contributed by atoms with E-state index >= 15 is 0 Å². The first kappa shape index (κ1) is 21.4. The standard InChI is InChI=1S/C16H8F6N2O5S/c17-15(18,19)7-3-8(16(20,21)22)5-9(4-7)29-30(27,28)10-1-2-12-11(6-10)13(25)24-14(26)23-12/h1-6H,(H2,23,24,25,26). The Morgan fingerprint density at radius 1 is 0.800 bits per heavy atom. The number of H-pyrrole nitrogens is 2. The van der Waals surface area contributed by atoms with Crippen molar-refractivity contribution in [1.82, 2.24) is 9.97 Å². The van der Waals surface area contributed by atoms with Crippen LogP contribution in [0.5, 0.6) is 5.75 Å². The Bertz CT molecular complexity index is 1320. The Kier molecular flexibility index (Phi) is 4.92. The highest BCUT2D eigenvalue weighted by Crippen LogP contribution is 2.38. The van der Waals surface area contributed by atoms with Crippen LogP contribution in [0.25, 0.3) is 10.9 Å². The minimum Gasteiger partial charge on any atom is -0.379 e. The Balaban J connectivity index is 2.10. The van der Waals surface area contributed by atoms with E-state index < -0.39 is 55.5 Å². The Labute approximate surface area is 162 Å². The van der Waals surface area contributed by atoms with E-state index in [2.05, 4.69) is 9.17 Å². The molecule has 0 bridgehead atoms. The van der Waals surface area contributed by atoms with Crippen LogP contribution >= 0.6 is 0 Å². The lowest BCUT2D eigenvalue weighted by atomic mass is 10.1. The second kappa shape index (κ2) is 6.90. The van der Waals surface area contributed by atoms with Gasteiger partial charge in [0.05, 0.1) is 22.0 Å². The Morgan fingerprint density at radius 2 is 1.37 bits per heavy atom. The molecular formula is C16H8F6N2O5S. The van der Waals surface area contributed by atoms with Crippen LogP contribution in [0.1, 0.15) is 11.1 Å². The largest absolute Gasteiger partial charge is 0.416 e. The van der Waals surface area contributed by atoms with Crippen LogP contribution in [0, 0.1) is 0 Å². The van der Waals surface area contributed by atoms with Crippen LogP contribution < -0.4 is 15.4 Å². The number of hydrogen-bond donors (Lipinski definition) is 2. The van der Waals surface area contributed by atoms with Crippen molar-refractivity contribution < 1.29 is 38.9 Å². The van der Waals surface area contributed by atoms with Gasteiger partial charge in [0, 0.05) is 0 Å². The number of alkyl halides is 6. The number of fused-ring (bicyclic) bond motifs is 1. The maximum atomic E-state index is 12.9. The zero-order valence-corrected chi connectivity index (χ0v) is 15.0. The van der Waals surface area contributed by atoms with E-state index in [1.165, 1.54) is 0 Å². The summed E-state index contributed by atoms with van der Waals surface area (Å²) in [4.78, 5) is 26.3. The third kappa shape index (κ3) is 4.32. The molecule has 0 radical (unpaired) electrons. The van der Waals surface area contributed by atoms with Crippen LogP contribution in [-0.4, -0.2) is 18.4 Å². The number of nitrogens with one attached hydrogen (secondary N) is 2. The molecule has 0 unspecified atom stereocenters. The van der Waals surface area contributed by atoms with Crippen molar-refractivity contribution in [2.45, 2.75) is 17.2 Å². The first-order valence-corrected chi connectivity index (χ1v) is 9.08. The lowest BCUT2D eigenvalue weighted by Gasteiger charge is -2.14. The molecule has 1 heterocycles. The van der Waals surface area contributed by atoms with E-state index in [0.717, 1.165) is 18.2 Å². The van der Waals surface area contributed by atoms with Crippen molar-refractivity contribution in [2.24, 2.45) is 0 Å². The van der Waals surface area contributed by atoms with Gasteiger partial charge >= 0.3 is 28.2 Å². The SMILES string of the molecule is O=c1[nH]c(=O)c2cc(S(=O)(=O)Oc3cc(C(F)(F)F)cc(C(F)(F)F)c3)ccc2[nH]1. The molecule has 30 heavy (non-hydrogen) atoms. The fraction of sp³-hybridized carbons (Fsp3) is 0.125. The van der Waals surface area contributed by atoms with Gasteiger partial charge in [-0.25, -0.2) is 4.79 Å². The predicted octanol–water partition coefficient (Wildman–Crippen LogP) is 3.02. The summed E-state index contributed by atoms with van der Waals surface area (Å²) in [5.74, 6) is -1.23. The molecule has 0 saturated carbocycles. The van der Waals surface area contributed by atoms with Crippen molar-refractivity contribution in [3.63, 3.8) is 0 Å². The molecule has 0 saturated heterocycles. The predicted molar refractivity (Wildman–Crippen MR) is 89.4 cm³/mol. The summed E-state index contributed by atoms with van der Waals surface area (Å²) in [6, 6.07) is 2.61. The fourth-order valence-electron chi connectivity index (χ4n) is 2.45. The third-order valence-corrected chi connectivity index (χ3v) is 5.01. The van der Waals surface area contributed by atoms with Crippen LogP contribution in [-0.2, 0) is 22.5 Å². The molecule has 0 aliphatic carbocycles. The summed E-state index contributed by atoms with van der Waals surface area (Å²) in [6.45, 7) is 0. The van der Waals surface area contributed by atoms with Gasteiger partial charge in [0.25, 0.3) is 5.56 Å². The summed E-state index contributed by atoms with van der Waals surface area (Å²) in [5, 5.41) is -0.306. The number of aromatic amines is 2. The topological polar surface area (TPSA) is 109 Å². The smallest absolute Gasteiger partial charge is 0.379 e. The van der Waals surface area contributed by atoms with Gasteiger partial charge in [0.15, 0.2) is 0 Å². The zero-order chi connectivity index (χ0) is 22.5. The monoisotopic (exact) mass is 454 g/mol. The summed E-state index contributed by atoms with van der Waals surface area (Å²) in [7, 11) is -4.94. The van der Waals surface area contributed by atoms with E-state index in [1.54, 1.807) is 0 Å². The van der Waals surface area contributed by atoms with Gasteiger partial charge in [0.2, 0.25) is 0 Å². The zero-order valence-electron chi connectivity index (χ0n) is 14.2. The summed E-state index contributed by atoms with van der Waals surface area (Å²) < 4.78 is 107. The van der Waals surface area contributed by atoms with Crippen molar-refractivity contribution in [3.8, 4) is 5.75 Å². The van der Waals surface area contributed by atoms with Gasteiger partial charge in [-0.1, -0.05) is 0 Å². The van der Waals surface area contributed by atoms with Crippen LogP contribution in [0.4, 0.5) is 26.3 Å². The quantitative estimate of drug-likeness (QED) is 0.467. The van der Waals surface area contributed by atoms with E-state index in [0.29, 0.717) is 0 Å². The highest BCUT2D eigenvalue weighted by atomic mass is 32.2. The normalized spacial score (nSPS) is 12.9. The van der Waals surface area contributed by atoms with E-state index in [4.69, 9.17) is 0 Å². The summed E-state index contributed by atoms with van der Waals surface area (Å²) >= 11 is 0.